The molecule has 0 heterocycles. The monoisotopic (exact) mass is 220 g/mol. The van der Waals surface area contributed by atoms with Crippen molar-refractivity contribution >= 4 is 5.69 Å². The Bertz CT molecular complexity index is 392. The predicted molar refractivity (Wildman–Crippen MR) is 66.2 cm³/mol. The highest BCUT2D eigenvalue weighted by Crippen LogP contribution is 2.40. The van der Waals surface area contributed by atoms with Gasteiger partial charge in [-0.25, -0.2) is 0 Å². The fourth-order valence-corrected chi connectivity index (χ4v) is 2.63. The van der Waals surface area contributed by atoms with E-state index in [1.54, 1.807) is 0 Å². The maximum absolute atomic E-state index is 10.7. The number of rotatable bonds is 3. The Balaban J connectivity index is 2.34. The van der Waals surface area contributed by atoms with Gasteiger partial charge in [-0.1, -0.05) is 13.0 Å². The second-order valence-electron chi connectivity index (χ2n) is 4.62. The summed E-state index contributed by atoms with van der Waals surface area (Å²) in [6.07, 6.45) is 1.69. The number of anilines is 1. The van der Waals surface area contributed by atoms with E-state index in [2.05, 4.69) is 12.2 Å². The molecule has 3 nitrogen and oxygen atoms in total. The summed E-state index contributed by atoms with van der Waals surface area (Å²) in [6, 6.07) is 5.88. The number of aryl methyl sites for hydroxylation is 1. The Morgan fingerprint density at radius 1 is 1.56 bits per heavy atom. The fourth-order valence-electron chi connectivity index (χ4n) is 2.63. The van der Waals surface area contributed by atoms with Gasteiger partial charge < -0.3 is 16.2 Å². The predicted octanol–water partition coefficient (Wildman–Crippen LogP) is 1.40. The van der Waals surface area contributed by atoms with Crippen molar-refractivity contribution in [1.29, 1.82) is 0 Å². The summed E-state index contributed by atoms with van der Waals surface area (Å²) in [5, 5.41) is 14.0. The SMILES string of the molecule is CCNC(C)C1(O)CCc2cc(N)ccc21. The lowest BCUT2D eigenvalue weighted by molar-refractivity contribution is 0.00498. The van der Waals surface area contributed by atoms with Crippen molar-refractivity contribution < 1.29 is 5.11 Å². The van der Waals surface area contributed by atoms with E-state index < -0.39 is 5.60 Å². The molecular weight excluding hydrogens is 200 g/mol. The number of hydrogen-bond donors (Lipinski definition) is 3. The molecule has 88 valence electrons. The smallest absolute Gasteiger partial charge is 0.105 e. The number of nitrogens with one attached hydrogen (secondary N) is 1. The van der Waals surface area contributed by atoms with E-state index >= 15 is 0 Å². The largest absolute Gasteiger partial charge is 0.399 e. The first-order valence-electron chi connectivity index (χ1n) is 5.92. The first-order chi connectivity index (χ1) is 7.58. The molecule has 0 aromatic heterocycles. The molecule has 0 saturated carbocycles. The maximum atomic E-state index is 10.7. The van der Waals surface area contributed by atoms with E-state index in [0.717, 1.165) is 30.6 Å². The van der Waals surface area contributed by atoms with Gasteiger partial charge >= 0.3 is 0 Å². The fraction of sp³-hybridized carbons (Fsp3) is 0.538. The zero-order chi connectivity index (χ0) is 11.8. The third-order valence-corrected chi connectivity index (χ3v) is 3.60. The zero-order valence-corrected chi connectivity index (χ0v) is 9.96. The van der Waals surface area contributed by atoms with Crippen LogP contribution in [-0.4, -0.2) is 17.7 Å². The summed E-state index contributed by atoms with van der Waals surface area (Å²) in [6.45, 7) is 4.96. The van der Waals surface area contributed by atoms with Gasteiger partial charge in [-0.2, -0.15) is 0 Å². The molecule has 0 amide bonds. The zero-order valence-electron chi connectivity index (χ0n) is 9.96. The average molecular weight is 220 g/mol. The maximum Gasteiger partial charge on any atom is 0.105 e. The highest BCUT2D eigenvalue weighted by Gasteiger charge is 2.40. The van der Waals surface area contributed by atoms with Gasteiger partial charge in [0.2, 0.25) is 0 Å². The van der Waals surface area contributed by atoms with Gasteiger partial charge in [0.15, 0.2) is 0 Å². The van der Waals surface area contributed by atoms with Gasteiger partial charge in [-0.05, 0) is 49.6 Å². The van der Waals surface area contributed by atoms with Crippen LogP contribution in [0.2, 0.25) is 0 Å². The van der Waals surface area contributed by atoms with Gasteiger partial charge in [0.1, 0.15) is 5.60 Å². The molecule has 4 N–H and O–H groups in total. The summed E-state index contributed by atoms with van der Waals surface area (Å²) < 4.78 is 0. The van der Waals surface area contributed by atoms with Crippen LogP contribution in [0.1, 0.15) is 31.4 Å². The van der Waals surface area contributed by atoms with Crippen LogP contribution in [0.5, 0.6) is 0 Å². The minimum Gasteiger partial charge on any atom is -0.399 e. The summed E-state index contributed by atoms with van der Waals surface area (Å²) in [5.41, 5.74) is 8.02. The molecule has 2 unspecified atom stereocenters. The summed E-state index contributed by atoms with van der Waals surface area (Å²) in [7, 11) is 0. The standard InChI is InChI=1S/C13H20N2O/c1-3-15-9(2)13(16)7-6-10-8-11(14)4-5-12(10)13/h4-5,8-9,15-16H,3,6-7,14H2,1-2H3. The lowest BCUT2D eigenvalue weighted by atomic mass is 9.88. The molecular formula is C13H20N2O. The molecule has 0 fully saturated rings. The van der Waals surface area contributed by atoms with Crippen LogP contribution in [0.25, 0.3) is 0 Å². The minimum atomic E-state index is -0.737. The number of benzene rings is 1. The molecule has 1 aromatic rings. The lowest BCUT2D eigenvalue weighted by Gasteiger charge is -2.31. The Kier molecular flexibility index (Phi) is 2.91. The number of hydrogen-bond acceptors (Lipinski definition) is 3. The van der Waals surface area contributed by atoms with E-state index in [1.165, 1.54) is 5.56 Å². The van der Waals surface area contributed by atoms with Crippen molar-refractivity contribution in [3.63, 3.8) is 0 Å². The Morgan fingerprint density at radius 3 is 3.00 bits per heavy atom. The summed E-state index contributed by atoms with van der Waals surface area (Å²) in [4.78, 5) is 0. The summed E-state index contributed by atoms with van der Waals surface area (Å²) >= 11 is 0. The first-order valence-corrected chi connectivity index (χ1v) is 5.92. The molecule has 16 heavy (non-hydrogen) atoms. The van der Waals surface area contributed by atoms with Crippen molar-refractivity contribution in [2.45, 2.75) is 38.3 Å². The molecule has 0 saturated heterocycles. The second-order valence-corrected chi connectivity index (χ2v) is 4.62. The Morgan fingerprint density at radius 2 is 2.31 bits per heavy atom. The van der Waals surface area contributed by atoms with Gasteiger partial charge in [-0.3, -0.25) is 0 Å². The quantitative estimate of drug-likeness (QED) is 0.675. The van der Waals surface area contributed by atoms with Crippen molar-refractivity contribution in [1.82, 2.24) is 5.32 Å². The molecule has 0 spiro atoms. The first kappa shape index (κ1) is 11.4. The molecule has 0 aliphatic heterocycles. The van der Waals surface area contributed by atoms with Crippen LogP contribution in [0.3, 0.4) is 0 Å². The van der Waals surface area contributed by atoms with Crippen LogP contribution in [0, 0.1) is 0 Å². The van der Waals surface area contributed by atoms with Crippen molar-refractivity contribution in [2.24, 2.45) is 0 Å². The van der Waals surface area contributed by atoms with Gasteiger partial charge in [0, 0.05) is 11.7 Å². The second kappa shape index (κ2) is 4.07. The van der Waals surface area contributed by atoms with E-state index in [4.69, 9.17) is 5.73 Å². The molecule has 2 rings (SSSR count). The molecule has 1 aliphatic rings. The van der Waals surface area contributed by atoms with E-state index in [0.29, 0.717) is 0 Å². The average Bonchev–Trinajstić information content (AvgIpc) is 2.58. The van der Waals surface area contributed by atoms with Gasteiger partial charge in [0.25, 0.3) is 0 Å². The van der Waals surface area contributed by atoms with Crippen LogP contribution >= 0.6 is 0 Å². The minimum absolute atomic E-state index is 0.0716. The third-order valence-electron chi connectivity index (χ3n) is 3.60. The number of nitrogens with two attached hydrogens (primary N) is 1. The van der Waals surface area contributed by atoms with Gasteiger partial charge in [0.05, 0.1) is 0 Å². The van der Waals surface area contributed by atoms with E-state index in [9.17, 15) is 5.11 Å². The molecule has 3 heteroatoms. The van der Waals surface area contributed by atoms with Crippen molar-refractivity contribution in [3.05, 3.63) is 29.3 Å². The van der Waals surface area contributed by atoms with E-state index in [-0.39, 0.29) is 6.04 Å². The Labute approximate surface area is 96.7 Å². The summed E-state index contributed by atoms with van der Waals surface area (Å²) in [5.74, 6) is 0. The number of fused-ring (bicyclic) bond motifs is 1. The van der Waals surface area contributed by atoms with Crippen LogP contribution in [-0.2, 0) is 12.0 Å². The molecule has 0 bridgehead atoms. The number of aliphatic hydroxyl groups is 1. The number of nitrogen functional groups attached to an aromatic ring is 1. The highest BCUT2D eigenvalue weighted by molar-refractivity contribution is 5.49. The van der Waals surface area contributed by atoms with Crippen LogP contribution in [0.4, 0.5) is 5.69 Å². The molecule has 1 aliphatic carbocycles. The molecule has 0 radical (unpaired) electrons. The van der Waals surface area contributed by atoms with Gasteiger partial charge in [-0.15, -0.1) is 0 Å². The topological polar surface area (TPSA) is 58.3 Å². The van der Waals surface area contributed by atoms with Crippen LogP contribution < -0.4 is 11.1 Å². The van der Waals surface area contributed by atoms with E-state index in [1.807, 2.05) is 25.1 Å². The normalized spacial score (nSPS) is 25.4. The Hall–Kier alpha value is -1.06. The van der Waals surface area contributed by atoms with Crippen molar-refractivity contribution in [2.75, 3.05) is 12.3 Å². The van der Waals surface area contributed by atoms with Crippen molar-refractivity contribution in [3.8, 4) is 0 Å². The lowest BCUT2D eigenvalue weighted by Crippen LogP contribution is -2.45. The van der Waals surface area contributed by atoms with Crippen LogP contribution in [0.15, 0.2) is 18.2 Å². The highest BCUT2D eigenvalue weighted by atomic mass is 16.3. The number of likely N-dealkylation sites (N-methyl/N-ethyl adjacent to an activating group) is 1. The molecule has 1 aromatic carbocycles. The molecule has 2 atom stereocenters. The third kappa shape index (κ3) is 1.70.